The van der Waals surface area contributed by atoms with Crippen molar-refractivity contribution >= 4 is 28.7 Å². The first-order chi connectivity index (χ1) is 7.36. The molecule has 0 saturated carbocycles. The van der Waals surface area contributed by atoms with Gasteiger partial charge < -0.3 is 9.47 Å². The maximum Gasteiger partial charge on any atom is 0.183 e. The fourth-order valence-electron chi connectivity index (χ4n) is 1.74. The van der Waals surface area contributed by atoms with Gasteiger partial charge in [-0.2, -0.15) is 0 Å². The Morgan fingerprint density at radius 1 is 1.33 bits per heavy atom. The van der Waals surface area contributed by atoms with E-state index >= 15 is 0 Å². The third kappa shape index (κ3) is 1.36. The van der Waals surface area contributed by atoms with Gasteiger partial charge in [0.05, 0.1) is 12.2 Å². The molecular weight excluding hydrogens is 210 g/mol. The van der Waals surface area contributed by atoms with Gasteiger partial charge in [0.15, 0.2) is 11.5 Å². The van der Waals surface area contributed by atoms with E-state index in [0.29, 0.717) is 0 Å². The lowest BCUT2D eigenvalue weighted by molar-refractivity contribution is 0.877. The minimum absolute atomic E-state index is 0.786. The highest BCUT2D eigenvalue weighted by Crippen LogP contribution is 2.25. The van der Waals surface area contributed by atoms with Crippen LogP contribution in [0.5, 0.6) is 0 Å². The van der Waals surface area contributed by atoms with Crippen LogP contribution in [0.4, 0.5) is 5.82 Å². The fraction of sp³-hybridized carbons (Fsp3) is 0.444. The average molecular weight is 221 g/mol. The van der Waals surface area contributed by atoms with Gasteiger partial charge in [-0.3, -0.25) is 0 Å². The number of hydrogen-bond donors (Lipinski definition) is 0. The van der Waals surface area contributed by atoms with Gasteiger partial charge in [0.25, 0.3) is 0 Å². The quantitative estimate of drug-likeness (QED) is 0.663. The van der Waals surface area contributed by atoms with Crippen LogP contribution in [0.25, 0.3) is 11.2 Å². The normalized spacial score (nSPS) is 16.5. The smallest absolute Gasteiger partial charge is 0.183 e. The van der Waals surface area contributed by atoms with E-state index in [0.717, 1.165) is 35.2 Å². The molecule has 0 aromatic carbocycles. The molecule has 3 heterocycles. The van der Waals surface area contributed by atoms with Crippen LogP contribution in [0.3, 0.4) is 0 Å². The largest absolute Gasteiger partial charge is 0.357 e. The van der Waals surface area contributed by atoms with E-state index in [-0.39, 0.29) is 0 Å². The van der Waals surface area contributed by atoms with Crippen LogP contribution in [0.2, 0.25) is 0 Å². The molecule has 0 amide bonds. The van der Waals surface area contributed by atoms with Crippen LogP contribution >= 0.6 is 11.8 Å². The molecule has 1 aliphatic heterocycles. The van der Waals surface area contributed by atoms with Gasteiger partial charge in [-0.1, -0.05) is 0 Å². The van der Waals surface area contributed by atoms with E-state index in [9.17, 15) is 0 Å². The maximum absolute atomic E-state index is 4.34. The van der Waals surface area contributed by atoms with Gasteiger partial charge in [-0.15, -0.1) is 11.8 Å². The summed E-state index contributed by atoms with van der Waals surface area (Å²) in [6.45, 7) is 1.02. The van der Waals surface area contributed by atoms with Crippen LogP contribution in [0.1, 0.15) is 0 Å². The van der Waals surface area contributed by atoms with Crippen molar-refractivity contribution in [2.45, 2.75) is 5.88 Å². The first-order valence-corrected chi connectivity index (χ1v) is 5.96. The second-order valence-electron chi connectivity index (χ2n) is 3.54. The van der Waals surface area contributed by atoms with Crippen LogP contribution in [-0.2, 0) is 5.88 Å². The lowest BCUT2D eigenvalue weighted by atomic mass is 10.4. The summed E-state index contributed by atoms with van der Waals surface area (Å²) in [7, 11) is 2.06. The Morgan fingerprint density at radius 2 is 2.27 bits per heavy atom. The Hall–Kier alpha value is -1.30. The topological polar surface area (TPSA) is 46.8 Å². The molecule has 5 nitrogen and oxygen atoms in total. The van der Waals surface area contributed by atoms with Crippen molar-refractivity contribution in [2.24, 2.45) is 0 Å². The van der Waals surface area contributed by atoms with E-state index in [1.165, 1.54) is 0 Å². The molecular formula is C9H11N5S. The molecule has 78 valence electrons. The molecule has 0 radical (unpaired) electrons. The van der Waals surface area contributed by atoms with Crippen molar-refractivity contribution in [2.75, 3.05) is 24.2 Å². The Labute approximate surface area is 91.5 Å². The predicted octanol–water partition coefficient (Wildman–Crippen LogP) is 0.967. The predicted molar refractivity (Wildman–Crippen MR) is 61.1 cm³/mol. The summed E-state index contributed by atoms with van der Waals surface area (Å²) in [6, 6.07) is 0. The third-order valence-electron chi connectivity index (χ3n) is 2.55. The highest BCUT2D eigenvalue weighted by molar-refractivity contribution is 7.98. The first-order valence-electron chi connectivity index (χ1n) is 4.81. The molecule has 2 aromatic rings. The Bertz CT molecular complexity index is 494. The zero-order chi connectivity index (χ0) is 10.3. The van der Waals surface area contributed by atoms with Gasteiger partial charge in [0.1, 0.15) is 11.8 Å². The average Bonchev–Trinajstić information content (AvgIpc) is 2.65. The zero-order valence-electron chi connectivity index (χ0n) is 8.42. The molecule has 0 unspecified atom stereocenters. The fourth-order valence-corrected chi connectivity index (χ4v) is 2.67. The molecule has 6 heteroatoms. The number of aromatic nitrogens is 4. The Kier molecular flexibility index (Phi) is 2.02. The van der Waals surface area contributed by atoms with E-state index in [4.69, 9.17) is 0 Å². The number of nitrogens with zero attached hydrogens (tertiary/aromatic N) is 5. The van der Waals surface area contributed by atoms with Crippen molar-refractivity contribution in [3.63, 3.8) is 0 Å². The summed E-state index contributed by atoms with van der Waals surface area (Å²) < 4.78 is 2.12. The van der Waals surface area contributed by atoms with Gasteiger partial charge >= 0.3 is 0 Å². The van der Waals surface area contributed by atoms with E-state index in [1.54, 1.807) is 6.33 Å². The van der Waals surface area contributed by atoms with Gasteiger partial charge in [-0.25, -0.2) is 15.0 Å². The first kappa shape index (κ1) is 8.96. The molecule has 0 N–H and O–H groups in total. The van der Waals surface area contributed by atoms with Gasteiger partial charge in [-0.05, 0) is 0 Å². The zero-order valence-corrected chi connectivity index (χ0v) is 9.24. The maximum atomic E-state index is 4.34. The summed E-state index contributed by atoms with van der Waals surface area (Å²) in [6.07, 6.45) is 3.43. The molecule has 0 spiro atoms. The SMILES string of the molecule is CN1CCSCn2cnc3ncnc1c32. The highest BCUT2D eigenvalue weighted by Gasteiger charge is 2.15. The highest BCUT2D eigenvalue weighted by atomic mass is 32.2. The standard InChI is InChI=1S/C9H11N5S/c1-13-2-3-15-6-14-5-12-8-7(14)9(13)11-4-10-8/h4-5H,2-3,6H2,1H3. The van der Waals surface area contributed by atoms with Gasteiger partial charge in [0, 0.05) is 19.3 Å². The number of anilines is 1. The van der Waals surface area contributed by atoms with Crippen LogP contribution in [0.15, 0.2) is 12.7 Å². The summed E-state index contributed by atoms with van der Waals surface area (Å²) in [4.78, 5) is 15.0. The van der Waals surface area contributed by atoms with Crippen molar-refractivity contribution in [1.82, 2.24) is 19.5 Å². The summed E-state index contributed by atoms with van der Waals surface area (Å²) in [5.41, 5.74) is 1.83. The second-order valence-corrected chi connectivity index (χ2v) is 4.62. The molecule has 2 aromatic heterocycles. The number of imidazole rings is 1. The van der Waals surface area contributed by atoms with E-state index in [2.05, 4.69) is 31.5 Å². The molecule has 3 rings (SSSR count). The minimum Gasteiger partial charge on any atom is -0.357 e. The Morgan fingerprint density at radius 3 is 3.20 bits per heavy atom. The van der Waals surface area contributed by atoms with Crippen LogP contribution < -0.4 is 4.90 Å². The molecule has 0 bridgehead atoms. The van der Waals surface area contributed by atoms with Crippen molar-refractivity contribution in [1.29, 1.82) is 0 Å². The number of rotatable bonds is 0. The van der Waals surface area contributed by atoms with E-state index in [1.807, 2.05) is 18.1 Å². The lowest BCUT2D eigenvalue weighted by Crippen LogP contribution is -2.24. The van der Waals surface area contributed by atoms with Crippen LogP contribution in [-0.4, -0.2) is 38.9 Å². The van der Waals surface area contributed by atoms with Crippen molar-refractivity contribution < 1.29 is 0 Å². The number of hydrogen-bond acceptors (Lipinski definition) is 5. The summed E-state index contributed by atoms with van der Waals surface area (Å²) >= 11 is 1.90. The lowest BCUT2D eigenvalue weighted by Gasteiger charge is -2.21. The molecule has 0 fully saturated rings. The molecule has 0 saturated heterocycles. The molecule has 0 atom stereocenters. The third-order valence-corrected chi connectivity index (χ3v) is 3.49. The van der Waals surface area contributed by atoms with Crippen molar-refractivity contribution in [3.8, 4) is 0 Å². The number of thioether (sulfide) groups is 1. The van der Waals surface area contributed by atoms with E-state index < -0.39 is 0 Å². The second kappa shape index (κ2) is 3.37. The van der Waals surface area contributed by atoms with Crippen molar-refractivity contribution in [3.05, 3.63) is 12.7 Å². The summed E-state index contributed by atoms with van der Waals surface area (Å²) in [5.74, 6) is 3.03. The molecule has 15 heavy (non-hydrogen) atoms. The van der Waals surface area contributed by atoms with Crippen LogP contribution in [0, 0.1) is 0 Å². The monoisotopic (exact) mass is 221 g/mol. The minimum atomic E-state index is 0.786. The molecule has 0 aliphatic carbocycles. The Balaban J connectivity index is 2.30. The molecule has 1 aliphatic rings. The van der Waals surface area contributed by atoms with Gasteiger partial charge in [0.2, 0.25) is 0 Å². The summed E-state index contributed by atoms with van der Waals surface area (Å²) in [5, 5.41) is 0.